The molecule has 0 unspecified atom stereocenters. The van der Waals surface area contributed by atoms with Crippen LogP contribution in [0.1, 0.15) is 11.8 Å². The minimum atomic E-state index is 0.900. The van der Waals surface area contributed by atoms with Crippen LogP contribution in [0.25, 0.3) is 10.1 Å². The summed E-state index contributed by atoms with van der Waals surface area (Å²) in [6.45, 7) is 2.17. The molecule has 0 fully saturated rings. The molecular weight excluding hydrogens is 166 g/mol. The Morgan fingerprint density at radius 2 is 2.25 bits per heavy atom. The Bertz CT molecular complexity index is 403. The second-order valence-electron chi connectivity index (χ2n) is 2.83. The van der Waals surface area contributed by atoms with E-state index in [4.69, 9.17) is 5.73 Å². The van der Waals surface area contributed by atoms with Gasteiger partial charge in [0.2, 0.25) is 0 Å². The fourth-order valence-corrected chi connectivity index (χ4v) is 2.34. The van der Waals surface area contributed by atoms with E-state index in [0.717, 1.165) is 12.1 Å². The molecule has 0 bridgehead atoms. The molecule has 2 rings (SSSR count). The average molecular weight is 177 g/mol. The summed E-state index contributed by atoms with van der Waals surface area (Å²) in [7, 11) is 0. The van der Waals surface area contributed by atoms with Crippen molar-refractivity contribution in [3.8, 4) is 0 Å². The molecule has 12 heavy (non-hydrogen) atoms. The highest BCUT2D eigenvalue weighted by atomic mass is 32.1. The van der Waals surface area contributed by atoms with Crippen molar-refractivity contribution in [3.63, 3.8) is 0 Å². The van der Waals surface area contributed by atoms with Crippen LogP contribution in [0.15, 0.2) is 24.3 Å². The third-order valence-corrected chi connectivity index (χ3v) is 3.32. The highest BCUT2D eigenvalue weighted by molar-refractivity contribution is 7.19. The first-order valence-corrected chi connectivity index (χ1v) is 4.90. The third-order valence-electron chi connectivity index (χ3n) is 1.97. The van der Waals surface area contributed by atoms with Crippen molar-refractivity contribution in [1.29, 1.82) is 0 Å². The lowest BCUT2D eigenvalue weighted by molar-refractivity contribution is 1.19. The lowest BCUT2D eigenvalue weighted by Gasteiger charge is -1.92. The average Bonchev–Trinajstić information content (AvgIpc) is 2.49. The van der Waals surface area contributed by atoms with Gasteiger partial charge < -0.3 is 5.73 Å². The summed E-state index contributed by atoms with van der Waals surface area (Å²) in [5.41, 5.74) is 6.73. The molecule has 1 nitrogen and oxygen atoms in total. The molecule has 0 aliphatic heterocycles. The summed E-state index contributed by atoms with van der Waals surface area (Å²) < 4.78 is 1.23. The summed E-state index contributed by atoms with van der Waals surface area (Å²) in [5, 5.41) is 1.27. The van der Waals surface area contributed by atoms with E-state index in [2.05, 4.69) is 19.1 Å². The van der Waals surface area contributed by atoms with E-state index in [0.29, 0.717) is 0 Å². The summed E-state index contributed by atoms with van der Waals surface area (Å²) in [6, 6.07) is 8.29. The van der Waals surface area contributed by atoms with Gasteiger partial charge >= 0.3 is 0 Å². The zero-order valence-corrected chi connectivity index (χ0v) is 7.82. The van der Waals surface area contributed by atoms with E-state index in [-0.39, 0.29) is 0 Å². The molecule has 0 amide bonds. The van der Waals surface area contributed by atoms with Crippen molar-refractivity contribution >= 4 is 27.1 Å². The minimum Gasteiger partial charge on any atom is -0.398 e. The highest BCUT2D eigenvalue weighted by Gasteiger charge is 2.01. The molecule has 0 saturated carbocycles. The van der Waals surface area contributed by atoms with Crippen LogP contribution in [-0.2, 0) is 6.42 Å². The van der Waals surface area contributed by atoms with Gasteiger partial charge in [0, 0.05) is 10.6 Å². The zero-order valence-electron chi connectivity index (χ0n) is 7.00. The Balaban J connectivity index is 2.74. The smallest absolute Gasteiger partial charge is 0.0575 e. The van der Waals surface area contributed by atoms with Crippen LogP contribution in [0.3, 0.4) is 0 Å². The van der Waals surface area contributed by atoms with Gasteiger partial charge in [-0.25, -0.2) is 0 Å². The van der Waals surface area contributed by atoms with Gasteiger partial charge in [-0.15, -0.1) is 11.3 Å². The first-order valence-electron chi connectivity index (χ1n) is 4.08. The number of thiophene rings is 1. The largest absolute Gasteiger partial charge is 0.398 e. The standard InChI is InChI=1S/C10H11NS/c1-2-8-6-7-4-3-5-9(11)10(7)12-8/h3-6H,2,11H2,1H3. The van der Waals surface area contributed by atoms with Crippen molar-refractivity contribution < 1.29 is 0 Å². The fourth-order valence-electron chi connectivity index (χ4n) is 1.31. The predicted molar refractivity (Wildman–Crippen MR) is 55.6 cm³/mol. The van der Waals surface area contributed by atoms with E-state index in [1.54, 1.807) is 11.3 Å². The molecule has 2 N–H and O–H groups in total. The van der Waals surface area contributed by atoms with Crippen LogP contribution in [0.4, 0.5) is 5.69 Å². The van der Waals surface area contributed by atoms with Crippen molar-refractivity contribution in [2.45, 2.75) is 13.3 Å². The number of nitrogens with two attached hydrogens (primary N) is 1. The Morgan fingerprint density at radius 3 is 2.92 bits per heavy atom. The van der Waals surface area contributed by atoms with Gasteiger partial charge in [0.05, 0.1) is 4.70 Å². The van der Waals surface area contributed by atoms with Gasteiger partial charge in [0.25, 0.3) is 0 Å². The van der Waals surface area contributed by atoms with Gasteiger partial charge in [0.15, 0.2) is 0 Å². The number of anilines is 1. The Kier molecular flexibility index (Phi) is 1.77. The Hall–Kier alpha value is -1.02. The van der Waals surface area contributed by atoms with E-state index >= 15 is 0 Å². The van der Waals surface area contributed by atoms with Crippen LogP contribution < -0.4 is 5.73 Å². The topological polar surface area (TPSA) is 26.0 Å². The lowest BCUT2D eigenvalue weighted by Crippen LogP contribution is -1.81. The molecular formula is C10H11NS. The molecule has 1 heterocycles. The van der Waals surface area contributed by atoms with Crippen LogP contribution in [0.5, 0.6) is 0 Å². The van der Waals surface area contributed by atoms with Gasteiger partial charge in [0.1, 0.15) is 0 Å². The van der Waals surface area contributed by atoms with Crippen molar-refractivity contribution in [1.82, 2.24) is 0 Å². The van der Waals surface area contributed by atoms with E-state index in [1.165, 1.54) is 15.0 Å². The summed E-state index contributed by atoms with van der Waals surface area (Å²) in [4.78, 5) is 1.41. The van der Waals surface area contributed by atoms with E-state index in [1.807, 2.05) is 12.1 Å². The van der Waals surface area contributed by atoms with Crippen molar-refractivity contribution in [2.24, 2.45) is 0 Å². The normalized spacial score (nSPS) is 10.8. The number of hydrogen-bond donors (Lipinski definition) is 1. The first-order chi connectivity index (χ1) is 5.81. The van der Waals surface area contributed by atoms with Crippen LogP contribution in [0, 0.1) is 0 Å². The van der Waals surface area contributed by atoms with Crippen molar-refractivity contribution in [3.05, 3.63) is 29.1 Å². The predicted octanol–water partition coefficient (Wildman–Crippen LogP) is 3.05. The number of benzene rings is 1. The number of rotatable bonds is 1. The maximum Gasteiger partial charge on any atom is 0.0575 e. The van der Waals surface area contributed by atoms with Gasteiger partial charge in [-0.3, -0.25) is 0 Å². The number of fused-ring (bicyclic) bond motifs is 1. The first kappa shape index (κ1) is 7.62. The molecule has 0 spiro atoms. The minimum absolute atomic E-state index is 0.900. The fraction of sp³-hybridized carbons (Fsp3) is 0.200. The third kappa shape index (κ3) is 1.08. The SMILES string of the molecule is CCc1cc2cccc(N)c2s1. The maximum atomic E-state index is 5.83. The molecule has 62 valence electrons. The summed E-state index contributed by atoms with van der Waals surface area (Å²) >= 11 is 1.80. The molecule has 0 radical (unpaired) electrons. The monoisotopic (exact) mass is 177 g/mol. The molecule has 0 aliphatic rings. The van der Waals surface area contributed by atoms with Gasteiger partial charge in [-0.05, 0) is 23.9 Å². The summed E-state index contributed by atoms with van der Waals surface area (Å²) in [6.07, 6.45) is 1.10. The Labute approximate surface area is 75.8 Å². The van der Waals surface area contributed by atoms with Crippen LogP contribution in [-0.4, -0.2) is 0 Å². The van der Waals surface area contributed by atoms with Gasteiger partial charge in [-0.1, -0.05) is 19.1 Å². The van der Waals surface area contributed by atoms with Crippen LogP contribution in [0.2, 0.25) is 0 Å². The molecule has 0 aliphatic carbocycles. The molecule has 0 saturated heterocycles. The number of hydrogen-bond acceptors (Lipinski definition) is 2. The molecule has 1 aromatic carbocycles. The maximum absolute atomic E-state index is 5.83. The second-order valence-corrected chi connectivity index (χ2v) is 3.97. The Morgan fingerprint density at radius 1 is 1.42 bits per heavy atom. The lowest BCUT2D eigenvalue weighted by atomic mass is 10.2. The molecule has 0 atom stereocenters. The number of nitrogen functional groups attached to an aromatic ring is 1. The quantitative estimate of drug-likeness (QED) is 0.666. The van der Waals surface area contributed by atoms with Crippen molar-refractivity contribution in [2.75, 3.05) is 5.73 Å². The highest BCUT2D eigenvalue weighted by Crippen LogP contribution is 2.30. The van der Waals surface area contributed by atoms with Gasteiger partial charge in [-0.2, -0.15) is 0 Å². The molecule has 2 heteroatoms. The van der Waals surface area contributed by atoms with Crippen LogP contribution >= 0.6 is 11.3 Å². The summed E-state index contributed by atoms with van der Waals surface area (Å²) in [5.74, 6) is 0. The van der Waals surface area contributed by atoms with E-state index in [9.17, 15) is 0 Å². The second kappa shape index (κ2) is 2.79. The molecule has 1 aromatic heterocycles. The number of aryl methyl sites for hydroxylation is 1. The zero-order chi connectivity index (χ0) is 8.55. The van der Waals surface area contributed by atoms with E-state index < -0.39 is 0 Å². The molecule has 2 aromatic rings.